The third-order valence-corrected chi connectivity index (χ3v) is 1.55. The molecule has 0 amide bonds. The number of rotatable bonds is 3. The average molecular weight is 167 g/mol. The van der Waals surface area contributed by atoms with Gasteiger partial charge in [0.15, 0.2) is 0 Å². The van der Waals surface area contributed by atoms with E-state index in [2.05, 4.69) is 0 Å². The molecule has 0 radical (unpaired) electrons. The van der Waals surface area contributed by atoms with E-state index in [-0.39, 0.29) is 5.57 Å². The Kier molecular flexibility index (Phi) is 4.78. The molecule has 0 aromatic rings. The van der Waals surface area contributed by atoms with Crippen molar-refractivity contribution >= 4 is 5.97 Å². The maximum Gasteiger partial charge on any atom is 0.348 e. The quantitative estimate of drug-likeness (QED) is 0.366. The molecule has 0 aliphatic rings. The minimum absolute atomic E-state index is 0.138. The first-order valence-electron chi connectivity index (χ1n) is 3.94. The van der Waals surface area contributed by atoms with E-state index in [0.29, 0.717) is 13.0 Å². The number of allylic oxidation sites excluding steroid dienone is 1. The Labute approximate surface area is 72.6 Å². The molecule has 12 heavy (non-hydrogen) atoms. The maximum atomic E-state index is 11.1. The molecule has 3 nitrogen and oxygen atoms in total. The van der Waals surface area contributed by atoms with Crippen LogP contribution in [0.25, 0.3) is 0 Å². The fourth-order valence-electron chi connectivity index (χ4n) is 0.695. The number of carbonyl (C=O) groups is 1. The molecule has 0 saturated carbocycles. The van der Waals surface area contributed by atoms with Gasteiger partial charge in [-0.3, -0.25) is 0 Å². The lowest BCUT2D eigenvalue weighted by Crippen LogP contribution is -2.07. The van der Waals surface area contributed by atoms with Gasteiger partial charge in [0.05, 0.1) is 6.61 Å². The molecule has 0 rings (SSSR count). The van der Waals surface area contributed by atoms with Crippen LogP contribution in [0.1, 0.15) is 27.2 Å². The van der Waals surface area contributed by atoms with Gasteiger partial charge in [0.1, 0.15) is 11.6 Å². The fourth-order valence-corrected chi connectivity index (χ4v) is 0.695. The molecule has 0 spiro atoms. The molecule has 0 aromatic carbocycles. The third kappa shape index (κ3) is 2.75. The molecule has 0 fully saturated rings. The van der Waals surface area contributed by atoms with Crippen molar-refractivity contribution in [2.75, 3.05) is 6.61 Å². The summed E-state index contributed by atoms with van der Waals surface area (Å²) in [5, 5.41) is 8.62. The van der Waals surface area contributed by atoms with Crippen LogP contribution in [0, 0.1) is 11.3 Å². The Morgan fingerprint density at radius 1 is 1.50 bits per heavy atom. The molecule has 0 bridgehead atoms. The summed E-state index contributed by atoms with van der Waals surface area (Å²) < 4.78 is 4.70. The Hall–Kier alpha value is -1.30. The number of hydrogen-bond acceptors (Lipinski definition) is 3. The monoisotopic (exact) mass is 167 g/mol. The molecule has 0 unspecified atom stereocenters. The molecular formula is C9H13NO2. The lowest BCUT2D eigenvalue weighted by atomic mass is 10.1. The van der Waals surface area contributed by atoms with E-state index < -0.39 is 5.97 Å². The van der Waals surface area contributed by atoms with Crippen LogP contribution in [0.3, 0.4) is 0 Å². The van der Waals surface area contributed by atoms with Crippen LogP contribution in [-0.4, -0.2) is 12.6 Å². The van der Waals surface area contributed by atoms with Gasteiger partial charge in [0, 0.05) is 0 Å². The van der Waals surface area contributed by atoms with Gasteiger partial charge in [-0.1, -0.05) is 6.92 Å². The lowest BCUT2D eigenvalue weighted by Gasteiger charge is -2.01. The maximum absolute atomic E-state index is 11.1. The van der Waals surface area contributed by atoms with Crippen LogP contribution in [0.2, 0.25) is 0 Å². The summed E-state index contributed by atoms with van der Waals surface area (Å²) in [7, 11) is 0. The largest absolute Gasteiger partial charge is 0.462 e. The van der Waals surface area contributed by atoms with Crippen molar-refractivity contribution in [2.45, 2.75) is 27.2 Å². The van der Waals surface area contributed by atoms with Crippen LogP contribution in [0.5, 0.6) is 0 Å². The standard InChI is InChI=1S/C9H13NO2/c1-4-7(3)8(6-10)9(11)12-5-2/h4-5H2,1-3H3/b8-7+. The van der Waals surface area contributed by atoms with Gasteiger partial charge in [-0.05, 0) is 25.8 Å². The highest BCUT2D eigenvalue weighted by molar-refractivity contribution is 5.93. The lowest BCUT2D eigenvalue weighted by molar-refractivity contribution is -0.138. The normalized spacial score (nSPS) is 11.5. The second-order valence-corrected chi connectivity index (χ2v) is 2.34. The van der Waals surface area contributed by atoms with E-state index >= 15 is 0 Å². The highest BCUT2D eigenvalue weighted by atomic mass is 16.5. The first-order chi connectivity index (χ1) is 5.67. The fraction of sp³-hybridized carbons (Fsp3) is 0.556. The van der Waals surface area contributed by atoms with Gasteiger partial charge in [-0.25, -0.2) is 4.79 Å². The Morgan fingerprint density at radius 3 is 2.42 bits per heavy atom. The van der Waals surface area contributed by atoms with Crippen LogP contribution < -0.4 is 0 Å². The predicted octanol–water partition coefficient (Wildman–Crippen LogP) is 1.80. The Balaban J connectivity index is 4.59. The first kappa shape index (κ1) is 10.7. The number of esters is 1. The number of ether oxygens (including phenoxy) is 1. The molecule has 0 atom stereocenters. The highest BCUT2D eigenvalue weighted by Crippen LogP contribution is 2.08. The summed E-state index contributed by atoms with van der Waals surface area (Å²) in [4.78, 5) is 11.1. The summed E-state index contributed by atoms with van der Waals surface area (Å²) in [6.07, 6.45) is 0.696. The highest BCUT2D eigenvalue weighted by Gasteiger charge is 2.11. The predicted molar refractivity (Wildman–Crippen MR) is 45.2 cm³/mol. The van der Waals surface area contributed by atoms with E-state index in [1.807, 2.05) is 13.0 Å². The van der Waals surface area contributed by atoms with Gasteiger partial charge in [0.2, 0.25) is 0 Å². The SMILES string of the molecule is CCOC(=O)/C(C#N)=C(\C)CC. The summed E-state index contributed by atoms with van der Waals surface area (Å²) in [6, 6.07) is 1.84. The van der Waals surface area contributed by atoms with Crippen molar-refractivity contribution < 1.29 is 9.53 Å². The zero-order valence-corrected chi connectivity index (χ0v) is 7.68. The van der Waals surface area contributed by atoms with Crippen molar-refractivity contribution in [2.24, 2.45) is 0 Å². The zero-order chi connectivity index (χ0) is 9.56. The van der Waals surface area contributed by atoms with Crippen molar-refractivity contribution in [1.29, 1.82) is 5.26 Å². The topological polar surface area (TPSA) is 50.1 Å². The van der Waals surface area contributed by atoms with Gasteiger partial charge < -0.3 is 4.74 Å². The summed E-state index contributed by atoms with van der Waals surface area (Å²) in [5.74, 6) is -0.514. The van der Waals surface area contributed by atoms with Gasteiger partial charge in [-0.15, -0.1) is 0 Å². The molecule has 66 valence electrons. The first-order valence-corrected chi connectivity index (χ1v) is 3.94. The summed E-state index contributed by atoms with van der Waals surface area (Å²) >= 11 is 0. The van der Waals surface area contributed by atoms with Crippen molar-refractivity contribution in [1.82, 2.24) is 0 Å². The van der Waals surface area contributed by atoms with Gasteiger partial charge in [-0.2, -0.15) is 5.26 Å². The van der Waals surface area contributed by atoms with E-state index in [1.54, 1.807) is 13.8 Å². The molecule has 0 aromatic heterocycles. The number of nitriles is 1. The second-order valence-electron chi connectivity index (χ2n) is 2.34. The third-order valence-electron chi connectivity index (χ3n) is 1.55. The second kappa shape index (κ2) is 5.36. The van der Waals surface area contributed by atoms with Crippen LogP contribution in [-0.2, 0) is 9.53 Å². The van der Waals surface area contributed by atoms with E-state index in [0.717, 1.165) is 5.57 Å². The van der Waals surface area contributed by atoms with Crippen molar-refractivity contribution in [3.63, 3.8) is 0 Å². The Morgan fingerprint density at radius 2 is 2.08 bits per heavy atom. The number of nitrogens with zero attached hydrogens (tertiary/aromatic N) is 1. The Bertz CT molecular complexity index is 235. The van der Waals surface area contributed by atoms with Crippen molar-refractivity contribution in [3.05, 3.63) is 11.1 Å². The molecule has 3 heteroatoms. The van der Waals surface area contributed by atoms with Crippen LogP contribution in [0.15, 0.2) is 11.1 Å². The van der Waals surface area contributed by atoms with Gasteiger partial charge >= 0.3 is 5.97 Å². The smallest absolute Gasteiger partial charge is 0.348 e. The summed E-state index contributed by atoms with van der Waals surface area (Å²) in [6.45, 7) is 5.68. The minimum Gasteiger partial charge on any atom is -0.462 e. The van der Waals surface area contributed by atoms with E-state index in [9.17, 15) is 4.79 Å². The molecular weight excluding hydrogens is 154 g/mol. The molecule has 0 aliphatic carbocycles. The number of hydrogen-bond donors (Lipinski definition) is 0. The zero-order valence-electron chi connectivity index (χ0n) is 7.68. The van der Waals surface area contributed by atoms with Crippen molar-refractivity contribution in [3.8, 4) is 6.07 Å². The van der Waals surface area contributed by atoms with Gasteiger partial charge in [0.25, 0.3) is 0 Å². The average Bonchev–Trinajstić information content (AvgIpc) is 2.06. The van der Waals surface area contributed by atoms with E-state index in [1.165, 1.54) is 0 Å². The molecule has 0 heterocycles. The molecule has 0 N–H and O–H groups in total. The van der Waals surface area contributed by atoms with Crippen LogP contribution >= 0.6 is 0 Å². The number of carbonyl (C=O) groups excluding carboxylic acids is 1. The molecule has 0 saturated heterocycles. The summed E-state index contributed by atoms with van der Waals surface area (Å²) in [5.41, 5.74) is 0.912. The van der Waals surface area contributed by atoms with E-state index in [4.69, 9.17) is 10.00 Å². The molecule has 0 aliphatic heterocycles. The minimum atomic E-state index is -0.514. The van der Waals surface area contributed by atoms with Crippen LogP contribution in [0.4, 0.5) is 0 Å².